The van der Waals surface area contributed by atoms with Crippen LogP contribution in [0.3, 0.4) is 0 Å². The molecule has 0 spiro atoms. The summed E-state index contributed by atoms with van der Waals surface area (Å²) in [6.45, 7) is 4.95. The number of fused-ring (bicyclic) bond motifs is 1. The maximum absolute atomic E-state index is 10.6. The third-order valence-electron chi connectivity index (χ3n) is 3.66. The van der Waals surface area contributed by atoms with Gasteiger partial charge in [-0.1, -0.05) is 19.1 Å². The number of pyridine rings is 1. The van der Waals surface area contributed by atoms with Crippen molar-refractivity contribution < 1.29 is 5.11 Å². The van der Waals surface area contributed by atoms with Gasteiger partial charge in [-0.3, -0.25) is 4.98 Å². The Hall–Kier alpha value is -2.20. The van der Waals surface area contributed by atoms with Gasteiger partial charge in [-0.25, -0.2) is 4.98 Å². The van der Waals surface area contributed by atoms with E-state index in [2.05, 4.69) is 16.9 Å². The van der Waals surface area contributed by atoms with Crippen LogP contribution in [0.2, 0.25) is 0 Å². The van der Waals surface area contributed by atoms with E-state index < -0.39 is 6.10 Å². The number of hydrogen-bond acceptors (Lipinski definition) is 3. The lowest BCUT2D eigenvalue weighted by atomic mass is 10.0. The third-order valence-corrected chi connectivity index (χ3v) is 3.66. The van der Waals surface area contributed by atoms with E-state index in [-0.39, 0.29) is 0 Å². The highest BCUT2D eigenvalue weighted by Gasteiger charge is 2.15. The summed E-state index contributed by atoms with van der Waals surface area (Å²) in [7, 11) is 0. The van der Waals surface area contributed by atoms with Crippen molar-refractivity contribution in [2.75, 3.05) is 0 Å². The summed E-state index contributed by atoms with van der Waals surface area (Å²) < 4.78 is 2.00. The predicted octanol–water partition coefficient (Wildman–Crippen LogP) is 3.23. The fourth-order valence-corrected chi connectivity index (χ4v) is 2.57. The first-order valence-electron chi connectivity index (χ1n) is 7.24. The smallest absolute Gasteiger partial charge is 0.121 e. The Labute approximate surface area is 124 Å². The van der Waals surface area contributed by atoms with Crippen molar-refractivity contribution in [1.82, 2.24) is 14.5 Å². The van der Waals surface area contributed by atoms with Crippen LogP contribution in [0, 0.1) is 6.92 Å². The Morgan fingerprint density at radius 3 is 2.90 bits per heavy atom. The normalized spacial score (nSPS) is 12.7. The van der Waals surface area contributed by atoms with Gasteiger partial charge in [-0.2, -0.15) is 0 Å². The molecule has 0 saturated heterocycles. The summed E-state index contributed by atoms with van der Waals surface area (Å²) >= 11 is 0. The van der Waals surface area contributed by atoms with Crippen molar-refractivity contribution in [3.05, 3.63) is 59.8 Å². The zero-order chi connectivity index (χ0) is 14.8. The average Bonchev–Trinajstić information content (AvgIpc) is 2.94. The van der Waals surface area contributed by atoms with Crippen LogP contribution < -0.4 is 0 Å². The van der Waals surface area contributed by atoms with Crippen LogP contribution in [0.1, 0.15) is 36.4 Å². The minimum atomic E-state index is -0.662. The van der Waals surface area contributed by atoms with Crippen molar-refractivity contribution in [3.8, 4) is 0 Å². The van der Waals surface area contributed by atoms with Gasteiger partial charge in [0.15, 0.2) is 0 Å². The van der Waals surface area contributed by atoms with Gasteiger partial charge in [0, 0.05) is 17.6 Å². The van der Waals surface area contributed by atoms with Crippen molar-refractivity contribution in [2.24, 2.45) is 0 Å². The molecule has 108 valence electrons. The molecule has 4 heteroatoms. The van der Waals surface area contributed by atoms with Crippen molar-refractivity contribution in [2.45, 2.75) is 32.9 Å². The highest BCUT2D eigenvalue weighted by Crippen LogP contribution is 2.25. The molecule has 0 aliphatic heterocycles. The van der Waals surface area contributed by atoms with Crippen LogP contribution >= 0.6 is 0 Å². The number of nitrogens with zero attached hydrogens (tertiary/aromatic N) is 3. The van der Waals surface area contributed by atoms with Gasteiger partial charge in [0.2, 0.25) is 0 Å². The fourth-order valence-electron chi connectivity index (χ4n) is 2.57. The summed E-state index contributed by atoms with van der Waals surface area (Å²) in [5, 5.41) is 11.7. The molecule has 1 unspecified atom stereocenters. The van der Waals surface area contributed by atoms with E-state index in [1.165, 1.54) is 0 Å². The van der Waals surface area contributed by atoms with Gasteiger partial charge in [0.1, 0.15) is 6.10 Å². The summed E-state index contributed by atoms with van der Waals surface area (Å²) in [6, 6.07) is 9.91. The number of aromatic nitrogens is 3. The Bertz CT molecular complexity index is 764. The zero-order valence-corrected chi connectivity index (χ0v) is 12.3. The van der Waals surface area contributed by atoms with Gasteiger partial charge in [0.25, 0.3) is 0 Å². The summed E-state index contributed by atoms with van der Waals surface area (Å²) in [5.74, 6) is 0. The molecule has 0 bridgehead atoms. The topological polar surface area (TPSA) is 50.9 Å². The van der Waals surface area contributed by atoms with Gasteiger partial charge in [0.05, 0.1) is 23.7 Å². The molecule has 1 atom stereocenters. The van der Waals surface area contributed by atoms with Crippen molar-refractivity contribution in [3.63, 3.8) is 0 Å². The predicted molar refractivity (Wildman–Crippen MR) is 83.1 cm³/mol. The van der Waals surface area contributed by atoms with Crippen LogP contribution in [0.25, 0.3) is 10.9 Å². The number of aliphatic hydroxyl groups excluding tert-OH is 1. The van der Waals surface area contributed by atoms with Crippen LogP contribution in [0.15, 0.2) is 42.9 Å². The molecular weight excluding hydrogens is 262 g/mol. The summed E-state index contributed by atoms with van der Waals surface area (Å²) in [4.78, 5) is 8.64. The van der Waals surface area contributed by atoms with E-state index in [4.69, 9.17) is 0 Å². The van der Waals surface area contributed by atoms with E-state index in [1.54, 1.807) is 12.5 Å². The first kappa shape index (κ1) is 13.8. The molecule has 1 aromatic carbocycles. The second-order valence-corrected chi connectivity index (χ2v) is 5.32. The lowest BCUT2D eigenvalue weighted by Crippen LogP contribution is -2.08. The SMILES string of the molecule is CCCn1cncc1C(O)c1ccc2nc(C)ccc2c1. The monoisotopic (exact) mass is 281 g/mol. The molecule has 21 heavy (non-hydrogen) atoms. The quantitative estimate of drug-likeness (QED) is 0.798. The molecule has 0 radical (unpaired) electrons. The number of benzene rings is 1. The number of imidazole rings is 1. The molecule has 0 fully saturated rings. The molecule has 3 rings (SSSR count). The molecule has 0 amide bonds. The minimum absolute atomic E-state index is 0.662. The first-order chi connectivity index (χ1) is 10.2. The lowest BCUT2D eigenvalue weighted by molar-refractivity contribution is 0.210. The molecule has 3 aromatic rings. The first-order valence-corrected chi connectivity index (χ1v) is 7.24. The van der Waals surface area contributed by atoms with Crippen LogP contribution in [0.5, 0.6) is 0 Å². The minimum Gasteiger partial charge on any atom is -0.382 e. The average molecular weight is 281 g/mol. The molecule has 0 saturated carbocycles. The van der Waals surface area contributed by atoms with Gasteiger partial charge in [-0.05, 0) is 37.1 Å². The summed E-state index contributed by atoms with van der Waals surface area (Å²) in [5.41, 5.74) is 3.65. The van der Waals surface area contributed by atoms with Gasteiger partial charge >= 0.3 is 0 Å². The largest absolute Gasteiger partial charge is 0.382 e. The highest BCUT2D eigenvalue weighted by molar-refractivity contribution is 5.79. The van der Waals surface area contributed by atoms with Crippen LogP contribution in [-0.4, -0.2) is 19.6 Å². The molecule has 0 aliphatic rings. The molecule has 1 N–H and O–H groups in total. The molecular formula is C17H19N3O. The molecule has 2 aromatic heterocycles. The third kappa shape index (κ3) is 2.67. The second kappa shape index (κ2) is 5.66. The number of aryl methyl sites for hydroxylation is 2. The van der Waals surface area contributed by atoms with E-state index >= 15 is 0 Å². The summed E-state index contributed by atoms with van der Waals surface area (Å²) in [6.07, 6.45) is 3.85. The number of hydrogen-bond donors (Lipinski definition) is 1. The Kier molecular flexibility index (Phi) is 3.71. The lowest BCUT2D eigenvalue weighted by Gasteiger charge is -2.14. The van der Waals surface area contributed by atoms with E-state index in [0.717, 1.165) is 40.8 Å². The van der Waals surface area contributed by atoms with E-state index in [9.17, 15) is 5.11 Å². The van der Waals surface area contributed by atoms with Crippen molar-refractivity contribution >= 4 is 10.9 Å². The van der Waals surface area contributed by atoms with Crippen molar-refractivity contribution in [1.29, 1.82) is 0 Å². The maximum Gasteiger partial charge on any atom is 0.121 e. The van der Waals surface area contributed by atoms with Gasteiger partial charge < -0.3 is 9.67 Å². The standard InChI is InChI=1S/C17H19N3O/c1-3-8-20-11-18-10-16(20)17(21)14-6-7-15-13(9-14)5-4-12(2)19-15/h4-7,9-11,17,21H,3,8H2,1-2H3. The van der Waals surface area contributed by atoms with E-state index in [0.29, 0.717) is 0 Å². The highest BCUT2D eigenvalue weighted by atomic mass is 16.3. The van der Waals surface area contributed by atoms with E-state index in [1.807, 2.05) is 41.8 Å². The van der Waals surface area contributed by atoms with Gasteiger partial charge in [-0.15, -0.1) is 0 Å². The Morgan fingerprint density at radius 1 is 1.24 bits per heavy atom. The molecule has 2 heterocycles. The fraction of sp³-hybridized carbons (Fsp3) is 0.294. The molecule has 0 aliphatic carbocycles. The van der Waals surface area contributed by atoms with Crippen LogP contribution in [0.4, 0.5) is 0 Å². The number of aliphatic hydroxyl groups is 1. The number of rotatable bonds is 4. The van der Waals surface area contributed by atoms with Crippen LogP contribution in [-0.2, 0) is 6.54 Å². The Balaban J connectivity index is 1.99. The molecule has 4 nitrogen and oxygen atoms in total. The second-order valence-electron chi connectivity index (χ2n) is 5.32. The maximum atomic E-state index is 10.6. The Morgan fingerprint density at radius 2 is 2.10 bits per heavy atom. The zero-order valence-electron chi connectivity index (χ0n) is 12.3.